The molecule has 5 nitrogen and oxygen atoms in total. The van der Waals surface area contributed by atoms with E-state index in [1.165, 1.54) is 6.07 Å². The van der Waals surface area contributed by atoms with Crippen molar-refractivity contribution in [1.82, 2.24) is 4.98 Å². The summed E-state index contributed by atoms with van der Waals surface area (Å²) in [4.78, 5) is 13.6. The minimum Gasteiger partial charge on any atom is -0.378 e. The Hall–Kier alpha value is -1.17. The molecule has 0 aliphatic carbocycles. The van der Waals surface area contributed by atoms with Crippen LogP contribution in [0.1, 0.15) is 5.69 Å². The second-order valence-electron chi connectivity index (χ2n) is 2.22. The monoisotopic (exact) mass is 231 g/mol. The Morgan fingerprint density at radius 2 is 2.33 bits per heavy atom. The van der Waals surface area contributed by atoms with Gasteiger partial charge in [0.1, 0.15) is 0 Å². The summed E-state index contributed by atoms with van der Waals surface area (Å²) in [6.45, 7) is 1.71. The summed E-state index contributed by atoms with van der Waals surface area (Å²) in [5.74, 6) is -0.0549. The molecule has 0 aromatic carbocycles. The topological polar surface area (TPSA) is 82.0 Å². The van der Waals surface area contributed by atoms with E-state index >= 15 is 0 Å². The molecular formula is C6H6BrN3O2. The molecule has 0 atom stereocenters. The van der Waals surface area contributed by atoms with Gasteiger partial charge in [0.05, 0.1) is 10.6 Å². The summed E-state index contributed by atoms with van der Waals surface area (Å²) >= 11 is 3.13. The van der Waals surface area contributed by atoms with E-state index in [-0.39, 0.29) is 11.5 Å². The van der Waals surface area contributed by atoms with E-state index in [1.807, 2.05) is 0 Å². The van der Waals surface area contributed by atoms with Crippen LogP contribution in [0.5, 0.6) is 0 Å². The van der Waals surface area contributed by atoms with Gasteiger partial charge in [-0.1, -0.05) is 0 Å². The van der Waals surface area contributed by atoms with Crippen LogP contribution < -0.4 is 5.73 Å². The molecule has 64 valence electrons. The predicted molar refractivity (Wildman–Crippen MR) is 47.7 cm³/mol. The van der Waals surface area contributed by atoms with E-state index in [1.54, 1.807) is 6.92 Å². The van der Waals surface area contributed by atoms with Crippen molar-refractivity contribution >= 4 is 27.4 Å². The Morgan fingerprint density at radius 1 is 1.75 bits per heavy atom. The normalized spacial score (nSPS) is 9.83. The second-order valence-corrected chi connectivity index (χ2v) is 3.07. The van der Waals surface area contributed by atoms with E-state index in [0.29, 0.717) is 10.2 Å². The molecule has 0 fully saturated rings. The number of aromatic nitrogens is 1. The molecule has 1 heterocycles. The maximum absolute atomic E-state index is 10.4. The number of hydrogen-bond acceptors (Lipinski definition) is 4. The minimum atomic E-state index is -0.563. The van der Waals surface area contributed by atoms with E-state index < -0.39 is 4.92 Å². The van der Waals surface area contributed by atoms with Crippen molar-refractivity contribution < 1.29 is 4.92 Å². The Bertz CT molecular complexity index is 340. The van der Waals surface area contributed by atoms with E-state index in [4.69, 9.17) is 5.73 Å². The Morgan fingerprint density at radius 3 is 2.83 bits per heavy atom. The molecule has 0 bridgehead atoms. The SMILES string of the molecule is Cc1nc(N)c([N+](=O)[O-])cc1Br. The quantitative estimate of drug-likeness (QED) is 0.589. The number of halogens is 1. The Kier molecular flexibility index (Phi) is 2.27. The minimum absolute atomic E-state index is 0.0549. The smallest absolute Gasteiger partial charge is 0.312 e. The number of aryl methyl sites for hydroxylation is 1. The molecule has 12 heavy (non-hydrogen) atoms. The third-order valence-corrected chi connectivity index (χ3v) is 2.16. The third-order valence-electron chi connectivity index (χ3n) is 1.36. The highest BCUT2D eigenvalue weighted by Gasteiger charge is 2.14. The summed E-state index contributed by atoms with van der Waals surface area (Å²) < 4.78 is 0.586. The zero-order valence-electron chi connectivity index (χ0n) is 6.24. The van der Waals surface area contributed by atoms with Crippen LogP contribution in [0.2, 0.25) is 0 Å². The lowest BCUT2D eigenvalue weighted by atomic mass is 10.3. The fourth-order valence-electron chi connectivity index (χ4n) is 0.736. The fourth-order valence-corrected chi connectivity index (χ4v) is 1.04. The van der Waals surface area contributed by atoms with Gasteiger partial charge in [-0.2, -0.15) is 0 Å². The first-order valence-corrected chi connectivity index (χ1v) is 3.88. The van der Waals surface area contributed by atoms with Crippen molar-refractivity contribution in [3.63, 3.8) is 0 Å². The van der Waals surface area contributed by atoms with E-state index in [2.05, 4.69) is 20.9 Å². The van der Waals surface area contributed by atoms with Gasteiger partial charge in [0, 0.05) is 10.5 Å². The lowest BCUT2D eigenvalue weighted by Gasteiger charge is -1.99. The molecule has 0 aliphatic heterocycles. The molecule has 6 heteroatoms. The second kappa shape index (κ2) is 3.06. The summed E-state index contributed by atoms with van der Waals surface area (Å²) in [6.07, 6.45) is 0. The first-order valence-electron chi connectivity index (χ1n) is 3.09. The Labute approximate surface area is 76.9 Å². The highest BCUT2D eigenvalue weighted by Crippen LogP contribution is 2.25. The van der Waals surface area contributed by atoms with Gasteiger partial charge in [0.2, 0.25) is 5.82 Å². The van der Waals surface area contributed by atoms with E-state index in [0.717, 1.165) is 0 Å². The van der Waals surface area contributed by atoms with Crippen molar-refractivity contribution in [2.45, 2.75) is 6.92 Å². The molecule has 0 amide bonds. The molecule has 0 spiro atoms. The van der Waals surface area contributed by atoms with Gasteiger partial charge >= 0.3 is 5.69 Å². The maximum Gasteiger partial charge on any atom is 0.312 e. The third kappa shape index (κ3) is 1.53. The van der Waals surface area contributed by atoms with Crippen LogP contribution in [0.4, 0.5) is 11.5 Å². The molecule has 0 saturated carbocycles. The number of hydrogen-bond donors (Lipinski definition) is 1. The number of nitrogens with two attached hydrogens (primary N) is 1. The fraction of sp³-hybridized carbons (Fsp3) is 0.167. The summed E-state index contributed by atoms with van der Waals surface area (Å²) in [5, 5.41) is 10.4. The van der Waals surface area contributed by atoms with Gasteiger partial charge in [-0.25, -0.2) is 4.98 Å². The highest BCUT2D eigenvalue weighted by atomic mass is 79.9. The number of anilines is 1. The lowest BCUT2D eigenvalue weighted by Crippen LogP contribution is -2.00. The predicted octanol–water partition coefficient (Wildman–Crippen LogP) is 1.64. The average molecular weight is 232 g/mol. The highest BCUT2D eigenvalue weighted by molar-refractivity contribution is 9.10. The van der Waals surface area contributed by atoms with Crippen LogP contribution in [0.15, 0.2) is 10.5 Å². The number of nitro groups is 1. The summed E-state index contributed by atoms with van der Waals surface area (Å²) in [6, 6.07) is 1.34. The Balaban J connectivity index is 3.33. The van der Waals surface area contributed by atoms with Crippen LogP contribution in [-0.4, -0.2) is 9.91 Å². The maximum atomic E-state index is 10.4. The first kappa shape index (κ1) is 8.92. The molecule has 0 radical (unpaired) electrons. The van der Waals surface area contributed by atoms with Crippen LogP contribution >= 0.6 is 15.9 Å². The van der Waals surface area contributed by atoms with Gasteiger partial charge in [0.25, 0.3) is 0 Å². The van der Waals surface area contributed by atoms with Gasteiger partial charge in [0.15, 0.2) is 0 Å². The van der Waals surface area contributed by atoms with Crippen molar-refractivity contribution in [3.8, 4) is 0 Å². The zero-order valence-corrected chi connectivity index (χ0v) is 7.83. The van der Waals surface area contributed by atoms with E-state index in [9.17, 15) is 10.1 Å². The van der Waals surface area contributed by atoms with Crippen molar-refractivity contribution in [3.05, 3.63) is 26.3 Å². The lowest BCUT2D eigenvalue weighted by molar-refractivity contribution is -0.384. The molecule has 0 saturated heterocycles. The largest absolute Gasteiger partial charge is 0.378 e. The van der Waals surface area contributed by atoms with Crippen molar-refractivity contribution in [1.29, 1.82) is 0 Å². The van der Waals surface area contributed by atoms with Crippen molar-refractivity contribution in [2.24, 2.45) is 0 Å². The van der Waals surface area contributed by atoms with Crippen LogP contribution in [0, 0.1) is 17.0 Å². The van der Waals surface area contributed by atoms with Crippen LogP contribution in [-0.2, 0) is 0 Å². The van der Waals surface area contributed by atoms with Gasteiger partial charge < -0.3 is 5.73 Å². The number of nitrogens with zero attached hydrogens (tertiary/aromatic N) is 2. The number of pyridine rings is 1. The average Bonchev–Trinajstić information content (AvgIpc) is 1.96. The summed E-state index contributed by atoms with van der Waals surface area (Å²) in [5.41, 5.74) is 5.78. The van der Waals surface area contributed by atoms with Crippen LogP contribution in [0.25, 0.3) is 0 Å². The standard InChI is InChI=1S/C6H6BrN3O2/c1-3-4(7)2-5(10(11)12)6(8)9-3/h2H,1H3,(H2,8,9). The molecule has 0 unspecified atom stereocenters. The molecular weight excluding hydrogens is 226 g/mol. The van der Waals surface area contributed by atoms with Gasteiger partial charge in [-0.15, -0.1) is 0 Å². The molecule has 1 aromatic heterocycles. The molecule has 0 aliphatic rings. The first-order chi connectivity index (χ1) is 5.52. The molecule has 1 rings (SSSR count). The summed E-state index contributed by atoms with van der Waals surface area (Å²) in [7, 11) is 0. The molecule has 1 aromatic rings. The zero-order chi connectivity index (χ0) is 9.30. The van der Waals surface area contributed by atoms with Crippen LogP contribution in [0.3, 0.4) is 0 Å². The molecule has 2 N–H and O–H groups in total. The van der Waals surface area contributed by atoms with Gasteiger partial charge in [-0.3, -0.25) is 10.1 Å². The van der Waals surface area contributed by atoms with Gasteiger partial charge in [-0.05, 0) is 22.9 Å². The number of rotatable bonds is 1. The van der Waals surface area contributed by atoms with Crippen molar-refractivity contribution in [2.75, 3.05) is 5.73 Å². The number of nitrogen functional groups attached to an aromatic ring is 1.